The molecule has 4 nitrogen and oxygen atoms in total. The van der Waals surface area contributed by atoms with Crippen molar-refractivity contribution >= 4 is 18.7 Å². The molecule has 0 radical (unpaired) electrons. The zero-order valence-corrected chi connectivity index (χ0v) is 9.24. The molecule has 0 spiro atoms. The van der Waals surface area contributed by atoms with Crippen LogP contribution in [-0.4, -0.2) is 21.1 Å². The number of aromatic nitrogens is 3. The fourth-order valence-corrected chi connectivity index (χ4v) is 1.25. The first-order valence-electron chi connectivity index (χ1n) is 4.33. The Bertz CT molecular complexity index is 513. The van der Waals surface area contributed by atoms with E-state index in [2.05, 4.69) is 10.1 Å². The predicted octanol–water partition coefficient (Wildman–Crippen LogP) is 1.86. The second-order valence-corrected chi connectivity index (χ2v) is 3.05. The van der Waals surface area contributed by atoms with Crippen LogP contribution in [-0.2, 0) is 7.05 Å². The summed E-state index contributed by atoms with van der Waals surface area (Å²) in [4.78, 5) is 14.5. The lowest BCUT2D eigenvalue weighted by molar-refractivity contribution is 0.111. The van der Waals surface area contributed by atoms with Gasteiger partial charge in [0.2, 0.25) is 0 Å². The fourth-order valence-electron chi connectivity index (χ4n) is 1.25. The second kappa shape index (κ2) is 4.85. The zero-order valence-electron chi connectivity index (χ0n) is 8.42. The van der Waals surface area contributed by atoms with E-state index in [1.165, 1.54) is 16.8 Å². The minimum Gasteiger partial charge on any atom is -0.294 e. The van der Waals surface area contributed by atoms with Crippen molar-refractivity contribution in [3.63, 3.8) is 0 Å². The van der Waals surface area contributed by atoms with Gasteiger partial charge in [-0.15, -0.1) is 12.4 Å². The molecule has 0 atom stereocenters. The van der Waals surface area contributed by atoms with E-state index >= 15 is 0 Å². The van der Waals surface area contributed by atoms with Gasteiger partial charge in [-0.3, -0.25) is 4.79 Å². The van der Waals surface area contributed by atoms with Crippen LogP contribution < -0.4 is 0 Å². The number of carbonyl (C=O) groups is 1. The molecule has 0 unspecified atom stereocenters. The summed E-state index contributed by atoms with van der Waals surface area (Å²) >= 11 is 0. The van der Waals surface area contributed by atoms with Crippen molar-refractivity contribution in [2.75, 3.05) is 0 Å². The maximum atomic E-state index is 12.9. The van der Waals surface area contributed by atoms with Crippen molar-refractivity contribution in [3.05, 3.63) is 35.9 Å². The van der Waals surface area contributed by atoms with Crippen LogP contribution in [0.15, 0.2) is 24.3 Å². The zero-order chi connectivity index (χ0) is 10.8. The molecule has 0 amide bonds. The summed E-state index contributed by atoms with van der Waals surface area (Å²) in [6.07, 6.45) is 0.607. The van der Waals surface area contributed by atoms with Gasteiger partial charge in [-0.1, -0.05) is 12.1 Å². The molecule has 0 aliphatic heterocycles. The normalized spacial score (nSPS) is 9.62. The summed E-state index contributed by atoms with van der Waals surface area (Å²) in [6.45, 7) is 0. The van der Waals surface area contributed by atoms with E-state index in [9.17, 15) is 9.18 Å². The van der Waals surface area contributed by atoms with Crippen LogP contribution >= 0.6 is 12.4 Å². The molecule has 1 heterocycles. The third kappa shape index (κ3) is 2.25. The van der Waals surface area contributed by atoms with E-state index in [4.69, 9.17) is 0 Å². The molecule has 0 fully saturated rings. The van der Waals surface area contributed by atoms with Crippen molar-refractivity contribution in [2.24, 2.45) is 7.05 Å². The summed E-state index contributed by atoms with van der Waals surface area (Å²) in [7, 11) is 1.61. The molecule has 1 aromatic heterocycles. The third-order valence-corrected chi connectivity index (χ3v) is 1.98. The van der Waals surface area contributed by atoms with Crippen LogP contribution in [0.3, 0.4) is 0 Å². The number of aryl methyl sites for hydroxylation is 1. The first-order chi connectivity index (χ1) is 7.20. The van der Waals surface area contributed by atoms with Crippen molar-refractivity contribution in [2.45, 2.75) is 0 Å². The Morgan fingerprint density at radius 1 is 1.44 bits per heavy atom. The van der Waals surface area contributed by atoms with Gasteiger partial charge in [-0.05, 0) is 12.1 Å². The molecule has 6 heteroatoms. The van der Waals surface area contributed by atoms with Gasteiger partial charge in [-0.25, -0.2) is 14.1 Å². The molecule has 16 heavy (non-hydrogen) atoms. The minimum atomic E-state index is -0.354. The Hall–Kier alpha value is -1.75. The Kier molecular flexibility index (Phi) is 3.73. The highest BCUT2D eigenvalue weighted by atomic mass is 35.5. The highest BCUT2D eigenvalue weighted by Crippen LogP contribution is 2.15. The molecule has 1 aromatic carbocycles. The molecular formula is C10H9ClFN3O. The van der Waals surface area contributed by atoms with E-state index in [1.807, 2.05) is 0 Å². The Labute approximate surface area is 97.5 Å². The number of nitrogens with zero attached hydrogens (tertiary/aromatic N) is 3. The minimum absolute atomic E-state index is 0. The molecule has 0 aliphatic rings. The summed E-state index contributed by atoms with van der Waals surface area (Å²) < 4.78 is 14.3. The molecule has 0 saturated carbocycles. The molecule has 0 saturated heterocycles. The van der Waals surface area contributed by atoms with E-state index in [-0.39, 0.29) is 24.0 Å². The van der Waals surface area contributed by atoms with E-state index in [1.54, 1.807) is 19.2 Å². The van der Waals surface area contributed by atoms with Crippen molar-refractivity contribution < 1.29 is 9.18 Å². The van der Waals surface area contributed by atoms with Crippen molar-refractivity contribution in [3.8, 4) is 11.4 Å². The van der Waals surface area contributed by atoms with Crippen LogP contribution in [0, 0.1) is 5.82 Å². The van der Waals surface area contributed by atoms with E-state index in [0.29, 0.717) is 17.7 Å². The Balaban J connectivity index is 0.00000128. The van der Waals surface area contributed by atoms with Crippen LogP contribution in [0.4, 0.5) is 4.39 Å². The maximum Gasteiger partial charge on any atom is 0.191 e. The van der Waals surface area contributed by atoms with Crippen LogP contribution in [0.25, 0.3) is 11.4 Å². The lowest BCUT2D eigenvalue weighted by Crippen LogP contribution is -1.96. The summed E-state index contributed by atoms with van der Waals surface area (Å²) in [5, 5.41) is 4.00. The summed E-state index contributed by atoms with van der Waals surface area (Å²) in [6, 6.07) is 5.92. The summed E-state index contributed by atoms with van der Waals surface area (Å²) in [5.41, 5.74) is 0.554. The van der Waals surface area contributed by atoms with Crippen LogP contribution in [0.2, 0.25) is 0 Å². The number of halogens is 2. The van der Waals surface area contributed by atoms with Crippen molar-refractivity contribution in [1.29, 1.82) is 0 Å². The van der Waals surface area contributed by atoms with Gasteiger partial charge in [-0.2, -0.15) is 5.10 Å². The molecule has 84 valence electrons. The highest BCUT2D eigenvalue weighted by molar-refractivity contribution is 5.85. The average molecular weight is 242 g/mol. The number of hydrogen-bond donors (Lipinski definition) is 0. The smallest absolute Gasteiger partial charge is 0.191 e. The number of rotatable bonds is 2. The monoisotopic (exact) mass is 241 g/mol. The first kappa shape index (κ1) is 12.3. The molecule has 0 N–H and O–H groups in total. The van der Waals surface area contributed by atoms with E-state index < -0.39 is 0 Å². The lowest BCUT2D eigenvalue weighted by Gasteiger charge is -1.93. The van der Waals surface area contributed by atoms with Gasteiger partial charge in [0, 0.05) is 12.6 Å². The topological polar surface area (TPSA) is 47.8 Å². The fraction of sp³-hybridized carbons (Fsp3) is 0.100. The molecular weight excluding hydrogens is 233 g/mol. The Morgan fingerprint density at radius 3 is 2.75 bits per heavy atom. The third-order valence-electron chi connectivity index (χ3n) is 1.98. The van der Waals surface area contributed by atoms with E-state index in [0.717, 1.165) is 0 Å². The molecule has 2 aromatic rings. The molecule has 2 rings (SSSR count). The van der Waals surface area contributed by atoms with Gasteiger partial charge in [0.05, 0.1) is 0 Å². The van der Waals surface area contributed by atoms with Crippen LogP contribution in [0.5, 0.6) is 0 Å². The van der Waals surface area contributed by atoms with Gasteiger partial charge in [0.25, 0.3) is 0 Å². The SMILES string of the molecule is Cl.Cn1nc(-c2cccc(F)c2)nc1C=O. The maximum absolute atomic E-state index is 12.9. The first-order valence-corrected chi connectivity index (χ1v) is 4.33. The highest BCUT2D eigenvalue weighted by Gasteiger charge is 2.08. The van der Waals surface area contributed by atoms with Gasteiger partial charge in [0.1, 0.15) is 5.82 Å². The lowest BCUT2D eigenvalue weighted by atomic mass is 10.2. The average Bonchev–Trinajstić information content (AvgIpc) is 2.60. The largest absolute Gasteiger partial charge is 0.294 e. The van der Waals surface area contributed by atoms with Crippen molar-refractivity contribution in [1.82, 2.24) is 14.8 Å². The quantitative estimate of drug-likeness (QED) is 0.754. The number of carbonyl (C=O) groups excluding carboxylic acids is 1. The number of benzene rings is 1. The van der Waals surface area contributed by atoms with Gasteiger partial charge >= 0.3 is 0 Å². The number of hydrogen-bond acceptors (Lipinski definition) is 3. The predicted molar refractivity (Wildman–Crippen MR) is 59.0 cm³/mol. The van der Waals surface area contributed by atoms with Gasteiger partial charge < -0.3 is 0 Å². The number of aldehydes is 1. The summed E-state index contributed by atoms with van der Waals surface area (Å²) in [5.74, 6) is 0.209. The molecule has 0 bridgehead atoms. The molecule has 0 aliphatic carbocycles. The Morgan fingerprint density at radius 2 is 2.19 bits per heavy atom. The van der Waals surface area contributed by atoms with Gasteiger partial charge in [0.15, 0.2) is 17.9 Å². The standard InChI is InChI=1S/C10H8FN3O.ClH/c1-14-9(6-15)12-10(13-14)7-3-2-4-8(11)5-7;/h2-6H,1H3;1H. The second-order valence-electron chi connectivity index (χ2n) is 3.05. The van der Waals surface area contributed by atoms with Crippen LogP contribution in [0.1, 0.15) is 10.6 Å².